The number of esters is 1. The van der Waals surface area contributed by atoms with E-state index in [0.29, 0.717) is 11.8 Å². The zero-order chi connectivity index (χ0) is 38.1. The molecule has 12 atom stereocenters. The lowest BCUT2D eigenvalue weighted by Gasteiger charge is -2.73. The highest BCUT2D eigenvalue weighted by Gasteiger charge is 2.72. The Kier molecular flexibility index (Phi) is 9.74. The van der Waals surface area contributed by atoms with Crippen molar-refractivity contribution in [2.75, 3.05) is 20.3 Å². The topological polar surface area (TPSA) is 141 Å². The van der Waals surface area contributed by atoms with Gasteiger partial charge in [-0.1, -0.05) is 58.0 Å². The molecule has 5 aliphatic rings. The summed E-state index contributed by atoms with van der Waals surface area (Å²) in [4.78, 5) is 44.1. The smallest absolute Gasteiger partial charge is 0.328 e. The molecule has 0 aliphatic heterocycles. The van der Waals surface area contributed by atoms with E-state index in [-0.39, 0.29) is 59.5 Å². The van der Waals surface area contributed by atoms with Crippen LogP contribution in [0, 0.1) is 56.7 Å². The number of amides is 2. The summed E-state index contributed by atoms with van der Waals surface area (Å²) >= 11 is 0. The van der Waals surface area contributed by atoms with Crippen molar-refractivity contribution in [3.63, 3.8) is 0 Å². The minimum absolute atomic E-state index is 0.0171. The summed E-state index contributed by atoms with van der Waals surface area (Å²) in [7, 11) is 1.32. The van der Waals surface area contributed by atoms with Gasteiger partial charge >= 0.3 is 5.97 Å². The lowest BCUT2D eigenvalue weighted by molar-refractivity contribution is -0.252. The fraction of sp³-hybridized carbons (Fsp3) is 0.705. The fourth-order valence-electron chi connectivity index (χ4n) is 14.0. The molecule has 1 heterocycles. The summed E-state index contributed by atoms with van der Waals surface area (Å²) in [6.45, 7) is 16.1. The Labute approximate surface area is 315 Å². The molecule has 0 saturated heterocycles. The predicted octanol–water partition coefficient (Wildman–Crippen LogP) is 6.48. The molecule has 53 heavy (non-hydrogen) atoms. The van der Waals surface area contributed by atoms with E-state index in [4.69, 9.17) is 4.74 Å². The third kappa shape index (κ3) is 5.64. The molecule has 5 fully saturated rings. The summed E-state index contributed by atoms with van der Waals surface area (Å²) in [5, 5.41) is 28.7. The number of aliphatic hydroxyl groups excluding tert-OH is 2. The Morgan fingerprint density at radius 3 is 2.43 bits per heavy atom. The Bertz CT molecular complexity index is 1770. The number of rotatable bonds is 9. The second-order valence-electron chi connectivity index (χ2n) is 18.9. The van der Waals surface area contributed by atoms with Gasteiger partial charge in [0, 0.05) is 28.9 Å². The van der Waals surface area contributed by atoms with E-state index in [9.17, 15) is 24.6 Å². The third-order valence-electron chi connectivity index (χ3n) is 17.0. The van der Waals surface area contributed by atoms with Crippen LogP contribution in [0.2, 0.25) is 0 Å². The van der Waals surface area contributed by atoms with Crippen LogP contribution in [0.25, 0.3) is 10.9 Å². The van der Waals surface area contributed by atoms with Crippen LogP contribution in [0.15, 0.2) is 42.6 Å². The number of allylic oxidation sites excluding steroid dienone is 1. The van der Waals surface area contributed by atoms with Crippen molar-refractivity contribution in [3.8, 4) is 0 Å². The van der Waals surface area contributed by atoms with E-state index in [1.54, 1.807) is 0 Å². The van der Waals surface area contributed by atoms with E-state index in [2.05, 4.69) is 56.8 Å². The van der Waals surface area contributed by atoms with Gasteiger partial charge in [0.05, 0.1) is 31.8 Å². The quantitative estimate of drug-likeness (QED) is 0.148. The van der Waals surface area contributed by atoms with Gasteiger partial charge in [-0.2, -0.15) is 0 Å². The van der Waals surface area contributed by atoms with Crippen molar-refractivity contribution in [1.29, 1.82) is 0 Å². The minimum atomic E-state index is -0.889. The maximum Gasteiger partial charge on any atom is 0.328 e. The number of benzene rings is 1. The Morgan fingerprint density at radius 2 is 1.72 bits per heavy atom. The van der Waals surface area contributed by atoms with Crippen LogP contribution in [0.3, 0.4) is 0 Å². The molecule has 1 aromatic heterocycles. The van der Waals surface area contributed by atoms with E-state index >= 15 is 0 Å². The van der Waals surface area contributed by atoms with E-state index in [1.807, 2.05) is 30.5 Å². The average molecular weight is 730 g/mol. The third-order valence-corrected chi connectivity index (χ3v) is 17.0. The molecule has 5 saturated carbocycles. The van der Waals surface area contributed by atoms with Gasteiger partial charge in [0.2, 0.25) is 11.8 Å². The fourth-order valence-corrected chi connectivity index (χ4v) is 14.0. The molecular formula is C44H63N3O6. The van der Waals surface area contributed by atoms with Crippen molar-refractivity contribution >= 4 is 28.7 Å². The minimum Gasteiger partial charge on any atom is -0.467 e. The predicted molar refractivity (Wildman–Crippen MR) is 205 cm³/mol. The monoisotopic (exact) mass is 729 g/mol. The summed E-state index contributed by atoms with van der Waals surface area (Å²) in [5.74, 6) is 0.504. The molecular weight excluding hydrogens is 666 g/mol. The van der Waals surface area contributed by atoms with Crippen LogP contribution in [0.4, 0.5) is 0 Å². The van der Waals surface area contributed by atoms with E-state index in [1.165, 1.54) is 7.11 Å². The van der Waals surface area contributed by atoms with Crippen molar-refractivity contribution < 1.29 is 29.3 Å². The van der Waals surface area contributed by atoms with Gasteiger partial charge < -0.3 is 30.6 Å². The summed E-state index contributed by atoms with van der Waals surface area (Å²) in [5.41, 5.74) is 2.07. The van der Waals surface area contributed by atoms with E-state index in [0.717, 1.165) is 86.2 Å². The lowest BCUT2D eigenvalue weighted by atomic mass is 9.32. The number of aromatic amines is 1. The molecule has 0 spiro atoms. The Hall–Kier alpha value is -3.17. The zero-order valence-corrected chi connectivity index (χ0v) is 32.9. The van der Waals surface area contributed by atoms with Crippen LogP contribution in [0.1, 0.15) is 104 Å². The highest BCUT2D eigenvalue weighted by Crippen LogP contribution is 2.77. The van der Waals surface area contributed by atoms with Crippen LogP contribution < -0.4 is 10.6 Å². The number of hydrogen-bond acceptors (Lipinski definition) is 6. The number of aromatic nitrogens is 1. The highest BCUT2D eigenvalue weighted by atomic mass is 16.5. The molecule has 0 radical (unpaired) electrons. The van der Waals surface area contributed by atoms with Crippen molar-refractivity contribution in [2.24, 2.45) is 56.7 Å². The number of carbonyl (C=O) groups is 3. The van der Waals surface area contributed by atoms with Gasteiger partial charge in [-0.3, -0.25) is 9.59 Å². The second kappa shape index (κ2) is 13.5. The zero-order valence-electron chi connectivity index (χ0n) is 32.9. The molecule has 5 N–H and O–H groups in total. The number of hydrogen-bond donors (Lipinski definition) is 5. The van der Waals surface area contributed by atoms with Crippen LogP contribution in [-0.4, -0.2) is 65.4 Å². The van der Waals surface area contributed by atoms with Crippen LogP contribution >= 0.6 is 0 Å². The molecule has 1 aromatic carbocycles. The Morgan fingerprint density at radius 1 is 0.962 bits per heavy atom. The number of fused-ring (bicyclic) bond motifs is 8. The number of aliphatic hydroxyl groups is 2. The van der Waals surface area contributed by atoms with Crippen molar-refractivity contribution in [2.45, 2.75) is 117 Å². The van der Waals surface area contributed by atoms with Gasteiger partial charge in [0.1, 0.15) is 6.04 Å². The molecule has 5 unspecified atom stereocenters. The van der Waals surface area contributed by atoms with E-state index < -0.39 is 34.9 Å². The maximum atomic E-state index is 14.6. The molecule has 5 aliphatic carbocycles. The largest absolute Gasteiger partial charge is 0.467 e. The first-order chi connectivity index (χ1) is 25.1. The lowest BCUT2D eigenvalue weighted by Crippen LogP contribution is -2.68. The number of para-hydroxylation sites is 1. The number of ether oxygens (including phenoxy) is 1. The van der Waals surface area contributed by atoms with Gasteiger partial charge in [0.15, 0.2) is 0 Å². The summed E-state index contributed by atoms with van der Waals surface area (Å²) in [6.07, 6.45) is 11.0. The number of H-pyrrole nitrogens is 1. The van der Waals surface area contributed by atoms with Gasteiger partial charge in [-0.25, -0.2) is 4.79 Å². The number of carbonyl (C=O) groups excluding carboxylic acids is 3. The molecule has 2 amide bonds. The normalized spacial score (nSPS) is 40.9. The van der Waals surface area contributed by atoms with Crippen LogP contribution in [0.5, 0.6) is 0 Å². The number of nitrogens with one attached hydrogen (secondary N) is 3. The first-order valence-corrected chi connectivity index (χ1v) is 20.2. The molecule has 9 heteroatoms. The molecule has 290 valence electrons. The molecule has 0 bridgehead atoms. The van der Waals surface area contributed by atoms with Gasteiger partial charge in [-0.05, 0) is 129 Å². The SMILES string of the molecule is C=C(C)[C@@H]1CC[C@]2(C(=O)NCC(=O)NC(Cc3c[nH]c4ccccc34)C(=O)OC)CC[C@]3(C)C(CCC4[C@@]5(C)CC[C@H](O)[C@@](C)(CO)C5CC[C@]43C)C12. The van der Waals surface area contributed by atoms with Crippen molar-refractivity contribution in [1.82, 2.24) is 15.6 Å². The first kappa shape index (κ1) is 38.1. The first-order valence-electron chi connectivity index (χ1n) is 20.2. The Balaban J connectivity index is 1.10. The maximum absolute atomic E-state index is 14.6. The molecule has 7 rings (SSSR count). The second-order valence-corrected chi connectivity index (χ2v) is 18.9. The summed E-state index contributed by atoms with van der Waals surface area (Å²) < 4.78 is 5.06. The number of methoxy groups -OCH3 is 1. The molecule has 2 aromatic rings. The van der Waals surface area contributed by atoms with Crippen molar-refractivity contribution in [3.05, 3.63) is 48.2 Å². The van der Waals surface area contributed by atoms with Gasteiger partial charge in [-0.15, -0.1) is 0 Å². The standard InChI is InChI=1S/C44H63N3O6/c1-26(2)28-14-19-44(39(52)46-24-36(50)47-32(38(51)53-7)22-27-23-45-31-11-9-8-10-29(27)31)21-20-42(5)30(37(28)44)12-13-34-40(3)17-16-35(49)41(4,25-48)33(40)15-18-43(34,42)6/h8-11,23,28,30,32-35,37,45,48-49H,1,12-22,24-25H2,2-7H3,(H,46,52)(H,47,50)/t28-,30?,32?,33?,34?,35-,37?,40-,41-,42+,43+,44-/m0/s1. The average Bonchev–Trinajstić information content (AvgIpc) is 3.74. The summed E-state index contributed by atoms with van der Waals surface area (Å²) in [6, 6.07) is 6.94. The van der Waals surface area contributed by atoms with Crippen LogP contribution in [-0.2, 0) is 25.5 Å². The van der Waals surface area contributed by atoms with Gasteiger partial charge in [0.25, 0.3) is 0 Å². The molecule has 9 nitrogen and oxygen atoms in total. The highest BCUT2D eigenvalue weighted by molar-refractivity contribution is 5.91.